The molecule has 0 bridgehead atoms. The molecule has 0 aliphatic rings. The van der Waals surface area contributed by atoms with Gasteiger partial charge in [0, 0.05) is 6.54 Å². The lowest BCUT2D eigenvalue weighted by Gasteiger charge is -2.11. The Morgan fingerprint density at radius 2 is 2.06 bits per heavy atom. The van der Waals surface area contributed by atoms with Gasteiger partial charge < -0.3 is 14.8 Å². The van der Waals surface area contributed by atoms with Gasteiger partial charge in [0.15, 0.2) is 0 Å². The SMILES string of the molecule is COc1ccc(OCCNCC(F)(F)F)c(Br)c1. The van der Waals surface area contributed by atoms with E-state index in [-0.39, 0.29) is 13.2 Å². The van der Waals surface area contributed by atoms with Crippen molar-refractivity contribution >= 4 is 15.9 Å². The van der Waals surface area contributed by atoms with Crippen LogP contribution >= 0.6 is 15.9 Å². The van der Waals surface area contributed by atoms with E-state index in [9.17, 15) is 13.2 Å². The van der Waals surface area contributed by atoms with Crippen molar-refractivity contribution in [2.24, 2.45) is 0 Å². The first kappa shape index (κ1) is 15.1. The van der Waals surface area contributed by atoms with E-state index < -0.39 is 12.7 Å². The molecule has 1 aromatic rings. The van der Waals surface area contributed by atoms with Crippen molar-refractivity contribution < 1.29 is 22.6 Å². The average Bonchev–Trinajstić information content (AvgIpc) is 2.29. The molecule has 3 nitrogen and oxygen atoms in total. The van der Waals surface area contributed by atoms with Crippen molar-refractivity contribution in [1.82, 2.24) is 5.32 Å². The maximum Gasteiger partial charge on any atom is 0.401 e. The number of halogens is 4. The van der Waals surface area contributed by atoms with Crippen molar-refractivity contribution in [2.75, 3.05) is 26.8 Å². The lowest BCUT2D eigenvalue weighted by Crippen LogP contribution is -2.31. The van der Waals surface area contributed by atoms with E-state index in [2.05, 4.69) is 21.2 Å². The summed E-state index contributed by atoms with van der Waals surface area (Å²) in [5.41, 5.74) is 0. The molecule has 1 rings (SSSR count). The summed E-state index contributed by atoms with van der Waals surface area (Å²) in [6.07, 6.45) is -4.19. The zero-order valence-corrected chi connectivity index (χ0v) is 11.3. The van der Waals surface area contributed by atoms with Gasteiger partial charge in [0.05, 0.1) is 18.1 Å². The zero-order chi connectivity index (χ0) is 13.6. The standard InChI is InChI=1S/C11H13BrF3NO2/c1-17-8-2-3-10(9(12)6-8)18-5-4-16-7-11(13,14)15/h2-3,6,16H,4-5,7H2,1H3. The van der Waals surface area contributed by atoms with Gasteiger partial charge in [-0.25, -0.2) is 0 Å². The third kappa shape index (κ3) is 5.59. The van der Waals surface area contributed by atoms with Crippen LogP contribution in [0.15, 0.2) is 22.7 Å². The Bertz CT molecular complexity index is 385. The molecular formula is C11H13BrF3NO2. The molecule has 0 spiro atoms. The summed E-state index contributed by atoms with van der Waals surface area (Å²) in [7, 11) is 1.55. The van der Waals surface area contributed by atoms with Gasteiger partial charge in [-0.1, -0.05) is 0 Å². The Morgan fingerprint density at radius 1 is 1.33 bits per heavy atom. The van der Waals surface area contributed by atoms with Gasteiger partial charge in [-0.3, -0.25) is 0 Å². The molecule has 7 heteroatoms. The molecule has 0 amide bonds. The fourth-order valence-electron chi connectivity index (χ4n) is 1.19. The predicted molar refractivity (Wildman–Crippen MR) is 65.1 cm³/mol. The highest BCUT2D eigenvalue weighted by molar-refractivity contribution is 9.10. The largest absolute Gasteiger partial charge is 0.497 e. The maximum atomic E-state index is 11.8. The smallest absolute Gasteiger partial charge is 0.401 e. The number of ether oxygens (including phenoxy) is 2. The fraction of sp³-hybridized carbons (Fsp3) is 0.455. The molecule has 0 aliphatic carbocycles. The Balaban J connectivity index is 2.31. The quantitative estimate of drug-likeness (QED) is 0.815. The summed E-state index contributed by atoms with van der Waals surface area (Å²) < 4.78 is 46.5. The number of methoxy groups -OCH3 is 1. The lowest BCUT2D eigenvalue weighted by molar-refractivity contribution is -0.124. The van der Waals surface area contributed by atoms with Crippen molar-refractivity contribution in [2.45, 2.75) is 6.18 Å². The third-order valence-corrected chi connectivity index (χ3v) is 2.62. The minimum Gasteiger partial charge on any atom is -0.497 e. The molecule has 0 radical (unpaired) electrons. The molecule has 18 heavy (non-hydrogen) atoms. The first-order chi connectivity index (χ1) is 8.42. The summed E-state index contributed by atoms with van der Waals surface area (Å²) in [6.45, 7) is -0.737. The van der Waals surface area contributed by atoms with Crippen molar-refractivity contribution in [3.05, 3.63) is 22.7 Å². The minimum atomic E-state index is -4.19. The molecular weight excluding hydrogens is 315 g/mol. The molecule has 1 aromatic carbocycles. The molecule has 0 atom stereocenters. The van der Waals surface area contributed by atoms with Crippen LogP contribution in [-0.2, 0) is 0 Å². The average molecular weight is 328 g/mol. The van der Waals surface area contributed by atoms with Crippen molar-refractivity contribution in [3.63, 3.8) is 0 Å². The van der Waals surface area contributed by atoms with Gasteiger partial charge in [-0.2, -0.15) is 13.2 Å². The second kappa shape index (κ2) is 6.84. The molecule has 0 aliphatic heterocycles. The summed E-state index contributed by atoms with van der Waals surface area (Å²) in [4.78, 5) is 0. The van der Waals surface area contributed by atoms with Crippen LogP contribution in [-0.4, -0.2) is 33.0 Å². The van der Waals surface area contributed by atoms with Crippen LogP contribution in [0.4, 0.5) is 13.2 Å². The molecule has 0 saturated heterocycles. The molecule has 0 unspecified atom stereocenters. The highest BCUT2D eigenvalue weighted by Crippen LogP contribution is 2.28. The van der Waals surface area contributed by atoms with Crippen LogP contribution in [0.1, 0.15) is 0 Å². The number of nitrogens with one attached hydrogen (secondary N) is 1. The predicted octanol–water partition coefficient (Wildman–Crippen LogP) is 2.99. The van der Waals surface area contributed by atoms with Gasteiger partial charge in [-0.15, -0.1) is 0 Å². The van der Waals surface area contributed by atoms with E-state index >= 15 is 0 Å². The number of rotatable bonds is 6. The molecule has 0 fully saturated rings. The maximum absolute atomic E-state index is 11.8. The normalized spacial score (nSPS) is 11.4. The van der Waals surface area contributed by atoms with Gasteiger partial charge >= 0.3 is 6.18 Å². The number of benzene rings is 1. The molecule has 0 aromatic heterocycles. The second-order valence-electron chi connectivity index (χ2n) is 3.44. The Hall–Kier alpha value is -0.950. The first-order valence-electron chi connectivity index (χ1n) is 5.16. The highest BCUT2D eigenvalue weighted by Gasteiger charge is 2.25. The molecule has 0 heterocycles. The van der Waals surface area contributed by atoms with Gasteiger partial charge in [-0.05, 0) is 34.1 Å². The van der Waals surface area contributed by atoms with Crippen LogP contribution in [0.2, 0.25) is 0 Å². The topological polar surface area (TPSA) is 30.5 Å². The summed E-state index contributed by atoms with van der Waals surface area (Å²) in [6, 6.07) is 5.12. The highest BCUT2D eigenvalue weighted by atomic mass is 79.9. The van der Waals surface area contributed by atoms with Crippen molar-refractivity contribution in [3.8, 4) is 11.5 Å². The summed E-state index contributed by atoms with van der Waals surface area (Å²) >= 11 is 3.28. The van der Waals surface area contributed by atoms with Crippen LogP contribution in [0, 0.1) is 0 Å². The van der Waals surface area contributed by atoms with E-state index in [0.29, 0.717) is 16.0 Å². The second-order valence-corrected chi connectivity index (χ2v) is 4.29. The number of hydrogen-bond donors (Lipinski definition) is 1. The van der Waals surface area contributed by atoms with E-state index in [1.807, 2.05) is 0 Å². The molecule has 0 saturated carbocycles. The fourth-order valence-corrected chi connectivity index (χ4v) is 1.66. The van der Waals surface area contributed by atoms with Gasteiger partial charge in [0.25, 0.3) is 0 Å². The Kier molecular flexibility index (Phi) is 5.74. The molecule has 1 N–H and O–H groups in total. The van der Waals surface area contributed by atoms with Crippen LogP contribution in [0.25, 0.3) is 0 Å². The summed E-state index contributed by atoms with van der Waals surface area (Å²) in [5.74, 6) is 1.23. The van der Waals surface area contributed by atoms with E-state index in [1.165, 1.54) is 0 Å². The minimum absolute atomic E-state index is 0.123. The lowest BCUT2D eigenvalue weighted by atomic mass is 10.3. The van der Waals surface area contributed by atoms with E-state index in [4.69, 9.17) is 9.47 Å². The molecule has 102 valence electrons. The monoisotopic (exact) mass is 327 g/mol. The van der Waals surface area contributed by atoms with E-state index in [1.54, 1.807) is 25.3 Å². The number of hydrogen-bond acceptors (Lipinski definition) is 3. The summed E-state index contributed by atoms with van der Waals surface area (Å²) in [5, 5.41) is 2.25. The van der Waals surface area contributed by atoms with Crippen LogP contribution in [0.5, 0.6) is 11.5 Å². The Morgan fingerprint density at radius 3 is 2.61 bits per heavy atom. The van der Waals surface area contributed by atoms with Crippen LogP contribution in [0.3, 0.4) is 0 Å². The van der Waals surface area contributed by atoms with Crippen molar-refractivity contribution in [1.29, 1.82) is 0 Å². The number of alkyl halides is 3. The Labute approximate surface area is 111 Å². The van der Waals surface area contributed by atoms with E-state index in [0.717, 1.165) is 0 Å². The first-order valence-corrected chi connectivity index (χ1v) is 5.95. The van der Waals surface area contributed by atoms with Gasteiger partial charge in [0.2, 0.25) is 0 Å². The zero-order valence-electron chi connectivity index (χ0n) is 9.68. The van der Waals surface area contributed by atoms with Crippen LogP contribution < -0.4 is 14.8 Å². The third-order valence-electron chi connectivity index (χ3n) is 2.00. The van der Waals surface area contributed by atoms with Gasteiger partial charge in [0.1, 0.15) is 18.1 Å².